The maximum absolute atomic E-state index is 10.6. The Morgan fingerprint density at radius 2 is 1.70 bits per heavy atom. The molecule has 4 heteroatoms. The van der Waals surface area contributed by atoms with Gasteiger partial charge in [-0.3, -0.25) is 0 Å². The molecular weight excluding hydrogens is 402 g/mol. The van der Waals surface area contributed by atoms with Gasteiger partial charge in [0.25, 0.3) is 0 Å². The van der Waals surface area contributed by atoms with Crippen LogP contribution in [0.1, 0.15) is 0 Å². The van der Waals surface area contributed by atoms with Gasteiger partial charge < -0.3 is 9.52 Å². The van der Waals surface area contributed by atoms with Crippen LogP contribution in [-0.2, 0) is 0 Å². The lowest BCUT2D eigenvalue weighted by atomic mass is 9.96. The topological polar surface area (TPSA) is 46.3 Å². The van der Waals surface area contributed by atoms with Gasteiger partial charge in [0.15, 0.2) is 5.58 Å². The molecule has 5 rings (SSSR count). The van der Waals surface area contributed by atoms with Crippen molar-refractivity contribution in [3.8, 4) is 28.3 Å². The van der Waals surface area contributed by atoms with Gasteiger partial charge in [0.2, 0.25) is 5.89 Å². The van der Waals surface area contributed by atoms with Gasteiger partial charge in [-0.15, -0.1) is 0 Å². The first-order chi connectivity index (χ1) is 13.2. The smallest absolute Gasteiger partial charge is 0.227 e. The summed E-state index contributed by atoms with van der Waals surface area (Å²) in [5, 5.41) is 12.7. The van der Waals surface area contributed by atoms with Crippen LogP contribution in [-0.4, -0.2) is 10.1 Å². The average Bonchev–Trinajstić information content (AvgIpc) is 3.13. The zero-order valence-electron chi connectivity index (χ0n) is 14.2. The van der Waals surface area contributed by atoms with Gasteiger partial charge in [0.1, 0.15) is 11.3 Å². The number of hydrogen-bond donors (Lipinski definition) is 1. The molecule has 0 aliphatic heterocycles. The van der Waals surface area contributed by atoms with Crippen LogP contribution in [0.25, 0.3) is 44.5 Å². The van der Waals surface area contributed by atoms with E-state index >= 15 is 0 Å². The van der Waals surface area contributed by atoms with E-state index in [1.165, 1.54) is 0 Å². The molecule has 0 bridgehead atoms. The molecule has 5 aromatic rings. The quantitative estimate of drug-likeness (QED) is 0.345. The Kier molecular flexibility index (Phi) is 3.73. The van der Waals surface area contributed by atoms with E-state index in [4.69, 9.17) is 9.40 Å². The minimum atomic E-state index is 0.224. The number of aromatic nitrogens is 1. The highest BCUT2D eigenvalue weighted by atomic mass is 79.9. The number of nitrogens with zero attached hydrogens (tertiary/aromatic N) is 1. The molecule has 0 spiro atoms. The summed E-state index contributed by atoms with van der Waals surface area (Å²) in [5.41, 5.74) is 3.97. The van der Waals surface area contributed by atoms with E-state index in [1.807, 2.05) is 72.8 Å². The van der Waals surface area contributed by atoms with E-state index < -0.39 is 0 Å². The maximum atomic E-state index is 10.6. The number of oxazole rings is 1. The van der Waals surface area contributed by atoms with E-state index in [9.17, 15) is 5.11 Å². The molecule has 0 atom stereocenters. The highest BCUT2D eigenvalue weighted by molar-refractivity contribution is 9.10. The molecule has 0 saturated heterocycles. The van der Waals surface area contributed by atoms with Crippen molar-refractivity contribution in [2.75, 3.05) is 0 Å². The summed E-state index contributed by atoms with van der Waals surface area (Å²) in [5.74, 6) is 0.794. The second-order valence-electron chi connectivity index (χ2n) is 6.36. The molecule has 1 heterocycles. The molecule has 0 amide bonds. The zero-order valence-corrected chi connectivity index (χ0v) is 15.8. The Hall–Kier alpha value is -3.11. The first-order valence-corrected chi connectivity index (χ1v) is 9.36. The number of aromatic hydroxyl groups is 1. The molecule has 0 saturated carbocycles. The number of hydrogen-bond acceptors (Lipinski definition) is 3. The average molecular weight is 416 g/mol. The number of benzene rings is 4. The zero-order chi connectivity index (χ0) is 18.4. The van der Waals surface area contributed by atoms with Gasteiger partial charge >= 0.3 is 0 Å². The molecule has 4 aromatic carbocycles. The third-order valence-corrected chi connectivity index (χ3v) is 5.16. The summed E-state index contributed by atoms with van der Waals surface area (Å²) in [6.45, 7) is 0. The van der Waals surface area contributed by atoms with Crippen molar-refractivity contribution in [1.82, 2.24) is 4.98 Å². The summed E-state index contributed by atoms with van der Waals surface area (Å²) in [6, 6.07) is 25.3. The Bertz CT molecular complexity index is 1290. The number of phenols is 1. The molecular formula is C23H14BrNO2. The number of halogens is 1. The van der Waals surface area contributed by atoms with E-state index in [0.29, 0.717) is 11.5 Å². The van der Waals surface area contributed by atoms with Crippen LogP contribution in [0.5, 0.6) is 5.75 Å². The highest BCUT2D eigenvalue weighted by Crippen LogP contribution is 2.41. The molecule has 1 N–H and O–H groups in total. The van der Waals surface area contributed by atoms with Crippen molar-refractivity contribution in [2.24, 2.45) is 0 Å². The summed E-state index contributed by atoms with van der Waals surface area (Å²) in [4.78, 5) is 4.74. The van der Waals surface area contributed by atoms with Gasteiger partial charge in [-0.2, -0.15) is 0 Å². The summed E-state index contributed by atoms with van der Waals surface area (Å²) in [6.07, 6.45) is 0. The fraction of sp³-hybridized carbons (Fsp3) is 0. The maximum Gasteiger partial charge on any atom is 0.227 e. The second-order valence-corrected chi connectivity index (χ2v) is 7.28. The van der Waals surface area contributed by atoms with Crippen molar-refractivity contribution in [3.63, 3.8) is 0 Å². The second kappa shape index (κ2) is 6.25. The summed E-state index contributed by atoms with van der Waals surface area (Å²) >= 11 is 3.51. The van der Waals surface area contributed by atoms with Gasteiger partial charge in [-0.05, 0) is 47.2 Å². The molecule has 0 aliphatic rings. The normalized spacial score (nSPS) is 11.3. The van der Waals surface area contributed by atoms with Crippen LogP contribution in [0.4, 0.5) is 0 Å². The molecule has 0 fully saturated rings. The largest absolute Gasteiger partial charge is 0.507 e. The van der Waals surface area contributed by atoms with E-state index in [2.05, 4.69) is 15.9 Å². The number of fused-ring (bicyclic) bond motifs is 2. The molecule has 0 unspecified atom stereocenters. The molecule has 27 heavy (non-hydrogen) atoms. The van der Waals surface area contributed by atoms with Crippen LogP contribution in [0.2, 0.25) is 0 Å². The Balaban J connectivity index is 1.80. The summed E-state index contributed by atoms with van der Waals surface area (Å²) < 4.78 is 6.98. The van der Waals surface area contributed by atoms with Crippen LogP contribution in [0.15, 0.2) is 87.8 Å². The minimum absolute atomic E-state index is 0.224. The fourth-order valence-corrected chi connectivity index (χ4v) is 3.81. The van der Waals surface area contributed by atoms with Crippen LogP contribution in [0.3, 0.4) is 0 Å². The SMILES string of the molecule is Oc1ccc2cc(Br)ccc2c1-c1cccc2oc(-c3ccccc3)nc12. The van der Waals surface area contributed by atoms with Crippen molar-refractivity contribution in [2.45, 2.75) is 0 Å². The predicted octanol–water partition coefficient (Wildman–Crippen LogP) is 6.78. The first-order valence-electron chi connectivity index (χ1n) is 8.57. The lowest BCUT2D eigenvalue weighted by Gasteiger charge is -2.10. The van der Waals surface area contributed by atoms with Crippen LogP contribution >= 0.6 is 15.9 Å². The molecule has 0 aliphatic carbocycles. The monoisotopic (exact) mass is 415 g/mol. The minimum Gasteiger partial charge on any atom is -0.507 e. The Morgan fingerprint density at radius 1 is 0.852 bits per heavy atom. The first kappa shape index (κ1) is 16.1. The lowest BCUT2D eigenvalue weighted by molar-refractivity contribution is 0.478. The van der Waals surface area contributed by atoms with Gasteiger partial charge in [-0.25, -0.2) is 4.98 Å². The fourth-order valence-electron chi connectivity index (χ4n) is 3.43. The van der Waals surface area contributed by atoms with Crippen LogP contribution in [0, 0.1) is 0 Å². The third-order valence-electron chi connectivity index (χ3n) is 4.67. The Morgan fingerprint density at radius 3 is 2.56 bits per heavy atom. The van der Waals surface area contributed by atoms with Crippen molar-refractivity contribution >= 4 is 37.8 Å². The van der Waals surface area contributed by atoms with Gasteiger partial charge in [0, 0.05) is 21.2 Å². The summed E-state index contributed by atoms with van der Waals surface area (Å²) in [7, 11) is 0. The van der Waals surface area contributed by atoms with Crippen molar-refractivity contribution < 1.29 is 9.52 Å². The van der Waals surface area contributed by atoms with E-state index in [0.717, 1.165) is 37.5 Å². The standard InChI is InChI=1S/C23H14BrNO2/c24-16-10-11-17-15(13-16)9-12-19(26)21(17)18-7-4-8-20-22(18)25-23(27-20)14-5-2-1-3-6-14/h1-13,26H. The molecule has 0 radical (unpaired) electrons. The number of phenolic OH excluding ortho intramolecular Hbond substituents is 1. The van der Waals surface area contributed by atoms with Gasteiger partial charge in [0.05, 0.1) is 0 Å². The molecule has 3 nitrogen and oxygen atoms in total. The van der Waals surface area contributed by atoms with Crippen LogP contribution < -0.4 is 0 Å². The third kappa shape index (κ3) is 2.69. The van der Waals surface area contributed by atoms with Gasteiger partial charge in [-0.1, -0.05) is 58.4 Å². The Labute approximate surface area is 164 Å². The molecule has 130 valence electrons. The van der Waals surface area contributed by atoms with E-state index in [1.54, 1.807) is 6.07 Å². The van der Waals surface area contributed by atoms with Crippen molar-refractivity contribution in [3.05, 3.63) is 83.3 Å². The lowest BCUT2D eigenvalue weighted by Crippen LogP contribution is -1.85. The number of rotatable bonds is 2. The van der Waals surface area contributed by atoms with E-state index in [-0.39, 0.29) is 5.75 Å². The predicted molar refractivity (Wildman–Crippen MR) is 112 cm³/mol. The molecule has 1 aromatic heterocycles. The highest BCUT2D eigenvalue weighted by Gasteiger charge is 2.17. The van der Waals surface area contributed by atoms with Crippen molar-refractivity contribution in [1.29, 1.82) is 0 Å². The number of para-hydroxylation sites is 1.